The molecule has 0 unspecified atom stereocenters. The largest absolute Gasteiger partial charge is 0.280 e. The second kappa shape index (κ2) is 7.57. The maximum absolute atomic E-state index is 12.0. The zero-order chi connectivity index (χ0) is 16.7. The molecular formula is C16H16N2O4S. The number of hydroxylamine groups is 1. The lowest BCUT2D eigenvalue weighted by molar-refractivity contribution is 0.0537. The number of carbonyl (C=O) groups is 1. The van der Waals surface area contributed by atoms with Crippen LogP contribution >= 0.6 is 0 Å². The SMILES string of the molecule is CONC(=O)c1ccc(NS(=O)(=O)/C=C/c2ccccc2)cc1. The standard InChI is InChI=1S/C16H16N2O4S/c1-22-17-16(19)14-7-9-15(10-8-14)18-23(20,21)12-11-13-5-3-2-4-6-13/h2-12,18H,1H3,(H,17,19)/b12-11+. The topological polar surface area (TPSA) is 84.5 Å². The third kappa shape index (κ3) is 5.24. The molecule has 2 aromatic carbocycles. The third-order valence-electron chi connectivity index (χ3n) is 2.84. The van der Waals surface area contributed by atoms with Crippen molar-refractivity contribution in [2.24, 2.45) is 0 Å². The fourth-order valence-corrected chi connectivity index (χ4v) is 2.64. The quantitative estimate of drug-likeness (QED) is 0.796. The molecule has 1 amide bonds. The lowest BCUT2D eigenvalue weighted by Gasteiger charge is -2.06. The fourth-order valence-electron chi connectivity index (χ4n) is 1.77. The number of anilines is 1. The Hall–Kier alpha value is -2.64. The van der Waals surface area contributed by atoms with Crippen LogP contribution in [0.4, 0.5) is 5.69 Å². The first-order chi connectivity index (χ1) is 11.0. The Morgan fingerprint density at radius 3 is 2.30 bits per heavy atom. The Kier molecular flexibility index (Phi) is 5.51. The Morgan fingerprint density at radius 2 is 1.70 bits per heavy atom. The summed E-state index contributed by atoms with van der Waals surface area (Å²) in [7, 11) is -2.30. The number of carbonyl (C=O) groups excluding carboxylic acids is 1. The van der Waals surface area contributed by atoms with E-state index >= 15 is 0 Å². The predicted octanol–water partition coefficient (Wildman–Crippen LogP) is 2.39. The molecule has 0 radical (unpaired) electrons. The number of benzene rings is 2. The smallest absolute Gasteiger partial charge is 0.274 e. The van der Waals surface area contributed by atoms with Crippen LogP contribution in [-0.2, 0) is 14.9 Å². The number of hydrogen-bond acceptors (Lipinski definition) is 4. The molecule has 0 spiro atoms. The third-order valence-corrected chi connectivity index (χ3v) is 3.86. The lowest BCUT2D eigenvalue weighted by Crippen LogP contribution is -2.21. The van der Waals surface area contributed by atoms with Gasteiger partial charge in [-0.1, -0.05) is 30.3 Å². The minimum atomic E-state index is -3.63. The molecule has 2 N–H and O–H groups in total. The van der Waals surface area contributed by atoms with Crippen molar-refractivity contribution in [3.63, 3.8) is 0 Å². The van der Waals surface area contributed by atoms with Crippen LogP contribution in [0.3, 0.4) is 0 Å². The monoisotopic (exact) mass is 332 g/mol. The van der Waals surface area contributed by atoms with Crippen molar-refractivity contribution in [3.8, 4) is 0 Å². The minimum absolute atomic E-state index is 0.356. The molecule has 23 heavy (non-hydrogen) atoms. The summed E-state index contributed by atoms with van der Waals surface area (Å²) >= 11 is 0. The van der Waals surface area contributed by atoms with E-state index in [9.17, 15) is 13.2 Å². The van der Waals surface area contributed by atoms with E-state index in [0.717, 1.165) is 11.0 Å². The van der Waals surface area contributed by atoms with Crippen LogP contribution in [-0.4, -0.2) is 21.4 Å². The van der Waals surface area contributed by atoms with Crippen molar-refractivity contribution in [2.45, 2.75) is 0 Å². The Labute approximate surface area is 134 Å². The Bertz CT molecular complexity index is 785. The van der Waals surface area contributed by atoms with E-state index in [2.05, 4.69) is 15.0 Å². The molecule has 0 saturated carbocycles. The van der Waals surface area contributed by atoms with E-state index < -0.39 is 15.9 Å². The number of sulfonamides is 1. The molecule has 0 fully saturated rings. The summed E-state index contributed by atoms with van der Waals surface area (Å²) in [5.74, 6) is -0.411. The Balaban J connectivity index is 2.06. The van der Waals surface area contributed by atoms with Crippen molar-refractivity contribution in [3.05, 3.63) is 71.1 Å². The van der Waals surface area contributed by atoms with Crippen LogP contribution in [0.5, 0.6) is 0 Å². The molecule has 2 aromatic rings. The van der Waals surface area contributed by atoms with E-state index in [4.69, 9.17) is 0 Å². The maximum Gasteiger partial charge on any atom is 0.274 e. The molecule has 0 atom stereocenters. The van der Waals surface area contributed by atoms with Gasteiger partial charge >= 0.3 is 0 Å². The van der Waals surface area contributed by atoms with Crippen molar-refractivity contribution in [1.29, 1.82) is 0 Å². The van der Waals surface area contributed by atoms with Gasteiger partial charge in [0.15, 0.2) is 0 Å². The van der Waals surface area contributed by atoms with E-state index in [-0.39, 0.29) is 0 Å². The fraction of sp³-hybridized carbons (Fsp3) is 0.0625. The van der Waals surface area contributed by atoms with Gasteiger partial charge in [0.1, 0.15) is 0 Å². The number of rotatable bonds is 6. The molecule has 0 heterocycles. The zero-order valence-corrected chi connectivity index (χ0v) is 13.2. The van der Waals surface area contributed by atoms with Crippen molar-refractivity contribution < 1.29 is 18.0 Å². The highest BCUT2D eigenvalue weighted by Gasteiger charge is 2.08. The highest BCUT2D eigenvalue weighted by atomic mass is 32.2. The highest BCUT2D eigenvalue weighted by molar-refractivity contribution is 7.95. The molecule has 0 aliphatic carbocycles. The molecule has 0 aliphatic heterocycles. The van der Waals surface area contributed by atoms with Gasteiger partial charge in [-0.3, -0.25) is 14.4 Å². The van der Waals surface area contributed by atoms with E-state index in [1.165, 1.54) is 37.5 Å². The zero-order valence-electron chi connectivity index (χ0n) is 12.4. The Morgan fingerprint density at radius 1 is 1.04 bits per heavy atom. The average molecular weight is 332 g/mol. The summed E-state index contributed by atoms with van der Waals surface area (Å²) in [5.41, 5.74) is 3.68. The number of hydrogen-bond donors (Lipinski definition) is 2. The van der Waals surface area contributed by atoms with Gasteiger partial charge in [0.2, 0.25) is 0 Å². The van der Waals surface area contributed by atoms with Crippen molar-refractivity contribution in [2.75, 3.05) is 11.8 Å². The molecule has 120 valence electrons. The van der Waals surface area contributed by atoms with Gasteiger partial charge in [0, 0.05) is 11.3 Å². The van der Waals surface area contributed by atoms with Crippen LogP contribution < -0.4 is 10.2 Å². The van der Waals surface area contributed by atoms with Crippen LogP contribution in [0.25, 0.3) is 6.08 Å². The number of nitrogens with one attached hydrogen (secondary N) is 2. The molecular weight excluding hydrogens is 316 g/mol. The van der Waals surface area contributed by atoms with Gasteiger partial charge in [0.25, 0.3) is 15.9 Å². The maximum atomic E-state index is 12.0. The molecule has 0 bridgehead atoms. The second-order valence-corrected chi connectivity index (χ2v) is 6.14. The minimum Gasteiger partial charge on any atom is -0.280 e. The first-order valence-electron chi connectivity index (χ1n) is 6.69. The first-order valence-corrected chi connectivity index (χ1v) is 8.24. The van der Waals surface area contributed by atoms with E-state index in [1.807, 2.05) is 18.2 Å². The van der Waals surface area contributed by atoms with Gasteiger partial charge in [0.05, 0.1) is 12.5 Å². The van der Waals surface area contributed by atoms with Gasteiger partial charge in [-0.15, -0.1) is 0 Å². The molecule has 0 aromatic heterocycles. The summed E-state index contributed by atoms with van der Waals surface area (Å²) in [4.78, 5) is 16.0. The van der Waals surface area contributed by atoms with Crippen molar-refractivity contribution in [1.82, 2.24) is 5.48 Å². The van der Waals surface area contributed by atoms with E-state index in [0.29, 0.717) is 11.3 Å². The van der Waals surface area contributed by atoms with Gasteiger partial charge in [-0.25, -0.2) is 13.9 Å². The first kappa shape index (κ1) is 16.7. The molecule has 2 rings (SSSR count). The summed E-state index contributed by atoms with van der Waals surface area (Å²) in [5, 5.41) is 1.09. The normalized spacial score (nSPS) is 11.3. The van der Waals surface area contributed by atoms with E-state index in [1.54, 1.807) is 12.1 Å². The van der Waals surface area contributed by atoms with Crippen LogP contribution in [0, 0.1) is 0 Å². The second-order valence-electron chi connectivity index (χ2n) is 4.57. The lowest BCUT2D eigenvalue weighted by atomic mass is 10.2. The molecule has 0 saturated heterocycles. The van der Waals surface area contributed by atoms with Gasteiger partial charge in [-0.05, 0) is 35.9 Å². The van der Waals surface area contributed by atoms with Crippen LogP contribution in [0.1, 0.15) is 15.9 Å². The van der Waals surface area contributed by atoms with Crippen LogP contribution in [0.2, 0.25) is 0 Å². The molecule has 7 heteroatoms. The number of amides is 1. The molecule has 0 aliphatic rings. The summed E-state index contributed by atoms with van der Waals surface area (Å²) in [6.45, 7) is 0. The predicted molar refractivity (Wildman–Crippen MR) is 88.9 cm³/mol. The summed E-state index contributed by atoms with van der Waals surface area (Å²) in [6, 6.07) is 15.1. The van der Waals surface area contributed by atoms with Crippen LogP contribution in [0.15, 0.2) is 60.0 Å². The van der Waals surface area contributed by atoms with Gasteiger partial charge < -0.3 is 0 Å². The average Bonchev–Trinajstić information content (AvgIpc) is 2.55. The summed E-state index contributed by atoms with van der Waals surface area (Å²) in [6.07, 6.45) is 1.50. The highest BCUT2D eigenvalue weighted by Crippen LogP contribution is 2.13. The van der Waals surface area contributed by atoms with Gasteiger partial charge in [-0.2, -0.15) is 0 Å². The van der Waals surface area contributed by atoms with Crippen molar-refractivity contribution >= 4 is 27.7 Å². The summed E-state index contributed by atoms with van der Waals surface area (Å²) < 4.78 is 26.4. The molecule has 6 nitrogen and oxygen atoms in total.